The van der Waals surface area contributed by atoms with Crippen LogP contribution in [0, 0.1) is 0 Å². The van der Waals surface area contributed by atoms with Gasteiger partial charge in [0.15, 0.2) is 5.11 Å². The van der Waals surface area contributed by atoms with Crippen LogP contribution in [0.25, 0.3) is 10.8 Å². The van der Waals surface area contributed by atoms with Gasteiger partial charge in [0.25, 0.3) is 5.91 Å². The molecule has 0 spiro atoms. The Balaban J connectivity index is 1.82. The fraction of sp³-hybridized carbons (Fsp3) is 0.100. The van der Waals surface area contributed by atoms with E-state index in [0.717, 1.165) is 29.0 Å². The highest BCUT2D eigenvalue weighted by Gasteiger charge is 2.31. The van der Waals surface area contributed by atoms with Crippen LogP contribution in [0.2, 0.25) is 5.02 Å². The van der Waals surface area contributed by atoms with Gasteiger partial charge in [-0.1, -0.05) is 35.9 Å². The number of ether oxygens (including phenoxy) is 1. The highest BCUT2D eigenvalue weighted by atomic mass is 79.9. The first-order valence-corrected chi connectivity index (χ1v) is 9.94. The van der Waals surface area contributed by atoms with Gasteiger partial charge in [-0.3, -0.25) is 10.1 Å². The monoisotopic (exact) mass is 516 g/mol. The Labute approximate surface area is 188 Å². The fourth-order valence-electron chi connectivity index (χ4n) is 2.77. The molecule has 0 aromatic heterocycles. The Bertz CT molecular complexity index is 1150. The number of rotatable bonds is 3. The van der Waals surface area contributed by atoms with Crippen LogP contribution in [-0.2, 0) is 6.18 Å². The average molecular weight is 518 g/mol. The summed E-state index contributed by atoms with van der Waals surface area (Å²) in [5, 5.41) is 6.46. The number of amides is 1. The van der Waals surface area contributed by atoms with Gasteiger partial charge in [-0.25, -0.2) is 0 Å². The molecule has 3 aromatic carbocycles. The third kappa shape index (κ3) is 4.69. The van der Waals surface area contributed by atoms with E-state index in [1.54, 1.807) is 6.07 Å². The molecule has 10 heteroatoms. The van der Waals surface area contributed by atoms with E-state index in [0.29, 0.717) is 10.2 Å². The molecule has 0 radical (unpaired) electrons. The Kier molecular flexibility index (Phi) is 6.54. The van der Waals surface area contributed by atoms with Crippen LogP contribution in [0.4, 0.5) is 18.9 Å². The van der Waals surface area contributed by atoms with Crippen LogP contribution in [0.15, 0.2) is 53.0 Å². The molecule has 0 saturated carbocycles. The van der Waals surface area contributed by atoms with E-state index in [1.807, 2.05) is 24.3 Å². The second-order valence-electron chi connectivity index (χ2n) is 6.09. The lowest BCUT2D eigenvalue weighted by molar-refractivity contribution is -0.137. The van der Waals surface area contributed by atoms with Gasteiger partial charge in [0.05, 0.1) is 33.4 Å². The van der Waals surface area contributed by atoms with E-state index in [1.165, 1.54) is 7.11 Å². The Morgan fingerprint density at radius 3 is 2.50 bits per heavy atom. The van der Waals surface area contributed by atoms with Gasteiger partial charge in [-0.05, 0) is 63.2 Å². The summed E-state index contributed by atoms with van der Waals surface area (Å²) in [5.74, 6) is -0.236. The summed E-state index contributed by atoms with van der Waals surface area (Å²) in [4.78, 5) is 12.8. The van der Waals surface area contributed by atoms with Gasteiger partial charge >= 0.3 is 6.18 Å². The number of halogens is 5. The number of carbonyl (C=O) groups excluding carboxylic acids is 1. The molecular weight excluding hydrogens is 505 g/mol. The van der Waals surface area contributed by atoms with Crippen LogP contribution >= 0.6 is 39.7 Å². The molecule has 0 heterocycles. The molecule has 3 rings (SSSR count). The lowest BCUT2D eigenvalue weighted by Gasteiger charge is -2.15. The van der Waals surface area contributed by atoms with Gasteiger partial charge < -0.3 is 10.1 Å². The summed E-state index contributed by atoms with van der Waals surface area (Å²) < 4.78 is 44.3. The van der Waals surface area contributed by atoms with E-state index in [-0.39, 0.29) is 21.4 Å². The number of hydrogen-bond donors (Lipinski definition) is 2. The van der Waals surface area contributed by atoms with Crippen molar-refractivity contribution in [2.45, 2.75) is 6.18 Å². The predicted molar refractivity (Wildman–Crippen MR) is 118 cm³/mol. The minimum Gasteiger partial charge on any atom is -0.495 e. The standard InChI is InChI=1S/C20H13BrClF3N2O2S/c1-29-17-13(8-10-4-2-3-5-12(10)16(17)21)18(28)27-19(30)26-15-7-6-11(9-14(15)22)20(23,24)25/h2-9H,1H3,(H2,26,27,28,30). The minimum absolute atomic E-state index is 0.127. The summed E-state index contributed by atoms with van der Waals surface area (Å²) in [7, 11) is 1.43. The van der Waals surface area contributed by atoms with Crippen LogP contribution in [0.5, 0.6) is 5.75 Å². The maximum absolute atomic E-state index is 12.8. The first-order chi connectivity index (χ1) is 14.1. The van der Waals surface area contributed by atoms with Crippen molar-refractivity contribution in [1.82, 2.24) is 5.32 Å². The number of fused-ring (bicyclic) bond motifs is 1. The smallest absolute Gasteiger partial charge is 0.416 e. The van der Waals surface area contributed by atoms with Gasteiger partial charge in [0.1, 0.15) is 5.75 Å². The number of nitrogens with one attached hydrogen (secondary N) is 2. The maximum atomic E-state index is 12.8. The lowest BCUT2D eigenvalue weighted by Crippen LogP contribution is -2.34. The van der Waals surface area contributed by atoms with Crippen LogP contribution in [-0.4, -0.2) is 18.1 Å². The van der Waals surface area contributed by atoms with Crippen molar-refractivity contribution in [1.29, 1.82) is 0 Å². The predicted octanol–water partition coefficient (Wildman–Crippen LogP) is 6.41. The minimum atomic E-state index is -4.52. The third-order valence-electron chi connectivity index (χ3n) is 4.16. The first kappa shape index (κ1) is 22.3. The molecule has 0 atom stereocenters. The normalized spacial score (nSPS) is 11.3. The maximum Gasteiger partial charge on any atom is 0.416 e. The number of carbonyl (C=O) groups is 1. The number of thiocarbonyl (C=S) groups is 1. The Morgan fingerprint density at radius 2 is 1.87 bits per heavy atom. The molecule has 1 amide bonds. The number of methoxy groups -OCH3 is 1. The molecule has 3 aromatic rings. The molecule has 0 unspecified atom stereocenters. The summed E-state index contributed by atoms with van der Waals surface area (Å²) in [6.45, 7) is 0. The van der Waals surface area contributed by atoms with E-state index in [9.17, 15) is 18.0 Å². The molecule has 0 bridgehead atoms. The molecule has 4 nitrogen and oxygen atoms in total. The average Bonchev–Trinajstić information content (AvgIpc) is 2.68. The molecule has 0 aliphatic carbocycles. The summed E-state index contributed by atoms with van der Waals surface area (Å²) in [5.41, 5.74) is -0.536. The van der Waals surface area contributed by atoms with Crippen molar-refractivity contribution in [3.63, 3.8) is 0 Å². The fourth-order valence-corrected chi connectivity index (χ4v) is 3.94. The zero-order chi connectivity index (χ0) is 22.1. The molecule has 0 aliphatic heterocycles. The van der Waals surface area contributed by atoms with Crippen LogP contribution < -0.4 is 15.4 Å². The highest BCUT2D eigenvalue weighted by molar-refractivity contribution is 9.10. The van der Waals surface area contributed by atoms with E-state index in [4.69, 9.17) is 28.6 Å². The third-order valence-corrected chi connectivity index (χ3v) is 5.47. The van der Waals surface area contributed by atoms with Crippen molar-refractivity contribution < 1.29 is 22.7 Å². The van der Waals surface area contributed by atoms with Crippen LogP contribution in [0.3, 0.4) is 0 Å². The van der Waals surface area contributed by atoms with Crippen molar-refractivity contribution in [2.24, 2.45) is 0 Å². The Morgan fingerprint density at radius 1 is 1.17 bits per heavy atom. The number of benzene rings is 3. The van der Waals surface area contributed by atoms with Gasteiger partial charge in [0.2, 0.25) is 0 Å². The largest absolute Gasteiger partial charge is 0.495 e. The molecule has 156 valence electrons. The quantitative estimate of drug-likeness (QED) is 0.394. The zero-order valence-electron chi connectivity index (χ0n) is 15.2. The van der Waals surface area contributed by atoms with Gasteiger partial charge in [-0.15, -0.1) is 0 Å². The molecule has 0 saturated heterocycles. The van der Waals surface area contributed by atoms with Crippen molar-refractivity contribution in [3.8, 4) is 5.75 Å². The van der Waals surface area contributed by atoms with Gasteiger partial charge in [0, 0.05) is 0 Å². The second-order valence-corrected chi connectivity index (χ2v) is 7.70. The lowest BCUT2D eigenvalue weighted by atomic mass is 10.1. The molecular formula is C20H13BrClF3N2O2S. The van der Waals surface area contributed by atoms with E-state index >= 15 is 0 Å². The topological polar surface area (TPSA) is 50.4 Å². The van der Waals surface area contributed by atoms with Gasteiger partial charge in [-0.2, -0.15) is 13.2 Å². The van der Waals surface area contributed by atoms with Crippen molar-refractivity contribution in [2.75, 3.05) is 12.4 Å². The SMILES string of the molecule is COc1c(C(=O)NC(=S)Nc2ccc(C(F)(F)F)cc2Cl)cc2ccccc2c1Br. The second kappa shape index (κ2) is 8.79. The first-order valence-electron chi connectivity index (χ1n) is 8.36. The molecule has 2 N–H and O–H groups in total. The molecule has 0 fully saturated rings. The molecule has 0 aliphatic rings. The zero-order valence-corrected chi connectivity index (χ0v) is 18.4. The van der Waals surface area contributed by atoms with Crippen LogP contribution in [0.1, 0.15) is 15.9 Å². The number of alkyl halides is 3. The number of anilines is 1. The van der Waals surface area contributed by atoms with Crippen molar-refractivity contribution >= 4 is 67.2 Å². The van der Waals surface area contributed by atoms with Crippen molar-refractivity contribution in [3.05, 3.63) is 69.2 Å². The number of hydrogen-bond acceptors (Lipinski definition) is 3. The summed E-state index contributed by atoms with van der Waals surface area (Å²) >= 11 is 14.5. The van der Waals surface area contributed by atoms with E-state index < -0.39 is 17.6 Å². The van der Waals surface area contributed by atoms with E-state index in [2.05, 4.69) is 26.6 Å². The Hall–Kier alpha value is -2.36. The highest BCUT2D eigenvalue weighted by Crippen LogP contribution is 2.37. The summed E-state index contributed by atoms with van der Waals surface area (Å²) in [6, 6.07) is 11.8. The summed E-state index contributed by atoms with van der Waals surface area (Å²) in [6.07, 6.45) is -4.52. The molecule has 30 heavy (non-hydrogen) atoms.